The molecule has 0 unspecified atom stereocenters. The molecule has 1 N–H and O–H groups in total. The third-order valence-electron chi connectivity index (χ3n) is 3.01. The lowest BCUT2D eigenvalue weighted by Crippen LogP contribution is -2.14. The predicted molar refractivity (Wildman–Crippen MR) is 82.6 cm³/mol. The van der Waals surface area contributed by atoms with Gasteiger partial charge in [-0.15, -0.1) is 0 Å². The molecule has 0 saturated carbocycles. The van der Waals surface area contributed by atoms with E-state index in [4.69, 9.17) is 13.9 Å². The van der Waals surface area contributed by atoms with Crippen LogP contribution in [0.2, 0.25) is 0 Å². The van der Waals surface area contributed by atoms with Gasteiger partial charge >= 0.3 is 0 Å². The Bertz CT molecular complexity index is 523. The topological polar surface area (TPSA) is 43.6 Å². The molecule has 1 aromatic carbocycles. The summed E-state index contributed by atoms with van der Waals surface area (Å²) >= 11 is 0. The number of furan rings is 1. The van der Waals surface area contributed by atoms with Crippen LogP contribution in [0.3, 0.4) is 0 Å². The second kappa shape index (κ2) is 8.37. The van der Waals surface area contributed by atoms with Gasteiger partial charge in [0.05, 0.1) is 26.0 Å². The Hall–Kier alpha value is -1.94. The van der Waals surface area contributed by atoms with Crippen molar-refractivity contribution < 1.29 is 13.9 Å². The largest absolute Gasteiger partial charge is 0.490 e. The molecule has 0 atom stereocenters. The lowest BCUT2D eigenvalue weighted by molar-refractivity contribution is 0.273. The van der Waals surface area contributed by atoms with E-state index in [0.717, 1.165) is 29.2 Å². The Morgan fingerprint density at radius 2 is 1.95 bits per heavy atom. The highest BCUT2D eigenvalue weighted by Crippen LogP contribution is 2.31. The van der Waals surface area contributed by atoms with Crippen LogP contribution in [-0.2, 0) is 13.1 Å². The van der Waals surface area contributed by atoms with E-state index in [0.29, 0.717) is 26.3 Å². The standard InChI is InChI=1S/C17H23NO3/c1-3-10-21-17-14(7-5-9-16(17)19-4-2)12-18-13-15-8-6-11-20-15/h5-9,11,18H,3-4,10,12-13H2,1-2H3. The summed E-state index contributed by atoms with van der Waals surface area (Å²) in [6, 6.07) is 9.85. The molecule has 1 heterocycles. The Morgan fingerprint density at radius 3 is 2.67 bits per heavy atom. The van der Waals surface area contributed by atoms with Gasteiger partial charge in [0.2, 0.25) is 0 Å². The molecule has 0 spiro atoms. The molecule has 0 radical (unpaired) electrons. The van der Waals surface area contributed by atoms with Crippen LogP contribution in [-0.4, -0.2) is 13.2 Å². The molecule has 114 valence electrons. The van der Waals surface area contributed by atoms with E-state index in [1.165, 1.54) is 0 Å². The highest BCUT2D eigenvalue weighted by atomic mass is 16.5. The Kier molecular flexibility index (Phi) is 6.16. The van der Waals surface area contributed by atoms with Crippen LogP contribution < -0.4 is 14.8 Å². The molecule has 0 amide bonds. The van der Waals surface area contributed by atoms with Crippen molar-refractivity contribution in [2.75, 3.05) is 13.2 Å². The smallest absolute Gasteiger partial charge is 0.165 e. The highest BCUT2D eigenvalue weighted by molar-refractivity contribution is 5.46. The zero-order valence-electron chi connectivity index (χ0n) is 12.7. The quantitative estimate of drug-likeness (QED) is 0.763. The van der Waals surface area contributed by atoms with Crippen LogP contribution in [0.25, 0.3) is 0 Å². The third-order valence-corrected chi connectivity index (χ3v) is 3.01. The Balaban J connectivity index is 2.03. The summed E-state index contributed by atoms with van der Waals surface area (Å²) in [5.74, 6) is 2.57. The maximum Gasteiger partial charge on any atom is 0.165 e. The van der Waals surface area contributed by atoms with E-state index in [-0.39, 0.29) is 0 Å². The lowest BCUT2D eigenvalue weighted by Gasteiger charge is -2.16. The summed E-state index contributed by atoms with van der Waals surface area (Å²) in [6.07, 6.45) is 2.65. The molecule has 0 aliphatic heterocycles. The summed E-state index contributed by atoms with van der Waals surface area (Å²) in [5, 5.41) is 3.36. The van der Waals surface area contributed by atoms with E-state index >= 15 is 0 Å². The summed E-state index contributed by atoms with van der Waals surface area (Å²) in [5.41, 5.74) is 1.10. The Morgan fingerprint density at radius 1 is 1.05 bits per heavy atom. The minimum atomic E-state index is 0.631. The maximum atomic E-state index is 5.87. The van der Waals surface area contributed by atoms with Crippen LogP contribution in [0.15, 0.2) is 41.0 Å². The summed E-state index contributed by atoms with van der Waals surface area (Å²) in [4.78, 5) is 0. The highest BCUT2D eigenvalue weighted by Gasteiger charge is 2.10. The fourth-order valence-electron chi connectivity index (χ4n) is 2.07. The average molecular weight is 289 g/mol. The molecule has 2 aromatic rings. The van der Waals surface area contributed by atoms with Crippen molar-refractivity contribution in [1.29, 1.82) is 0 Å². The van der Waals surface area contributed by atoms with Gasteiger partial charge in [-0.3, -0.25) is 0 Å². The molecule has 0 bridgehead atoms. The first-order valence-corrected chi connectivity index (χ1v) is 7.45. The molecule has 0 fully saturated rings. The minimum absolute atomic E-state index is 0.631. The number of para-hydroxylation sites is 1. The summed E-state index contributed by atoms with van der Waals surface area (Å²) in [7, 11) is 0. The van der Waals surface area contributed by atoms with Gasteiger partial charge in [-0.25, -0.2) is 0 Å². The second-order valence-electron chi connectivity index (χ2n) is 4.71. The fraction of sp³-hybridized carbons (Fsp3) is 0.412. The van der Waals surface area contributed by atoms with Crippen molar-refractivity contribution in [2.24, 2.45) is 0 Å². The van der Waals surface area contributed by atoms with Crippen molar-refractivity contribution in [3.8, 4) is 11.5 Å². The van der Waals surface area contributed by atoms with E-state index in [1.54, 1.807) is 6.26 Å². The SMILES string of the molecule is CCCOc1c(CNCc2ccco2)cccc1OCC. The van der Waals surface area contributed by atoms with Crippen LogP contribution in [0.1, 0.15) is 31.6 Å². The van der Waals surface area contributed by atoms with Gasteiger partial charge in [0.25, 0.3) is 0 Å². The second-order valence-corrected chi connectivity index (χ2v) is 4.71. The first kappa shape index (κ1) is 15.4. The molecular formula is C17H23NO3. The lowest BCUT2D eigenvalue weighted by atomic mass is 10.2. The number of ether oxygens (including phenoxy) is 2. The van der Waals surface area contributed by atoms with Gasteiger partial charge in [0.1, 0.15) is 5.76 Å². The van der Waals surface area contributed by atoms with Crippen molar-refractivity contribution in [2.45, 2.75) is 33.4 Å². The van der Waals surface area contributed by atoms with E-state index in [2.05, 4.69) is 18.3 Å². The van der Waals surface area contributed by atoms with Crippen molar-refractivity contribution in [3.05, 3.63) is 47.9 Å². The Labute approximate surface area is 126 Å². The molecule has 21 heavy (non-hydrogen) atoms. The first-order valence-electron chi connectivity index (χ1n) is 7.45. The number of hydrogen-bond acceptors (Lipinski definition) is 4. The van der Waals surface area contributed by atoms with Crippen molar-refractivity contribution in [3.63, 3.8) is 0 Å². The van der Waals surface area contributed by atoms with Gasteiger partial charge in [0, 0.05) is 12.1 Å². The molecule has 2 rings (SSSR count). The average Bonchev–Trinajstić information content (AvgIpc) is 3.00. The van der Waals surface area contributed by atoms with Gasteiger partial charge < -0.3 is 19.2 Å². The molecular weight excluding hydrogens is 266 g/mol. The molecule has 0 saturated heterocycles. The molecule has 1 aromatic heterocycles. The normalized spacial score (nSPS) is 10.6. The van der Waals surface area contributed by atoms with Gasteiger partial charge in [-0.2, -0.15) is 0 Å². The number of benzene rings is 1. The monoisotopic (exact) mass is 289 g/mol. The molecule has 4 nitrogen and oxygen atoms in total. The van der Waals surface area contributed by atoms with E-state index in [1.807, 2.05) is 31.2 Å². The summed E-state index contributed by atoms with van der Waals surface area (Å²) in [6.45, 7) is 6.80. The fourth-order valence-corrected chi connectivity index (χ4v) is 2.07. The molecule has 4 heteroatoms. The van der Waals surface area contributed by atoms with Crippen LogP contribution in [0.4, 0.5) is 0 Å². The van der Waals surface area contributed by atoms with E-state index in [9.17, 15) is 0 Å². The first-order chi connectivity index (χ1) is 10.3. The molecule has 0 aliphatic carbocycles. The zero-order valence-corrected chi connectivity index (χ0v) is 12.7. The van der Waals surface area contributed by atoms with Gasteiger partial charge in [0.15, 0.2) is 11.5 Å². The van der Waals surface area contributed by atoms with Crippen LogP contribution >= 0.6 is 0 Å². The van der Waals surface area contributed by atoms with Crippen LogP contribution in [0, 0.1) is 0 Å². The van der Waals surface area contributed by atoms with Gasteiger partial charge in [-0.1, -0.05) is 19.1 Å². The number of rotatable bonds is 9. The van der Waals surface area contributed by atoms with E-state index < -0.39 is 0 Å². The van der Waals surface area contributed by atoms with Crippen LogP contribution in [0.5, 0.6) is 11.5 Å². The third kappa shape index (κ3) is 4.53. The predicted octanol–water partition coefficient (Wildman–Crippen LogP) is 3.76. The zero-order chi connectivity index (χ0) is 14.9. The number of nitrogens with one attached hydrogen (secondary N) is 1. The van der Waals surface area contributed by atoms with Crippen molar-refractivity contribution >= 4 is 0 Å². The summed E-state index contributed by atoms with van der Waals surface area (Å²) < 4.78 is 16.8. The molecule has 0 aliphatic rings. The minimum Gasteiger partial charge on any atom is -0.490 e. The van der Waals surface area contributed by atoms with Crippen molar-refractivity contribution in [1.82, 2.24) is 5.32 Å². The van der Waals surface area contributed by atoms with Gasteiger partial charge in [-0.05, 0) is 31.5 Å². The maximum absolute atomic E-state index is 5.87. The number of hydrogen-bond donors (Lipinski definition) is 1.